The monoisotopic (exact) mass is 277 g/mol. The Morgan fingerprint density at radius 3 is 2.85 bits per heavy atom. The van der Waals surface area contributed by atoms with Crippen LogP contribution in [-0.2, 0) is 11.3 Å². The zero-order chi connectivity index (χ0) is 14.5. The Morgan fingerprint density at radius 2 is 2.20 bits per heavy atom. The number of carboxylic acids is 1. The van der Waals surface area contributed by atoms with E-state index in [-0.39, 0.29) is 11.6 Å². The van der Waals surface area contributed by atoms with Crippen molar-refractivity contribution in [3.05, 3.63) is 36.4 Å². The molecule has 2 heterocycles. The zero-order valence-corrected chi connectivity index (χ0v) is 10.9. The molecular formula is C12H15N5O3. The highest BCUT2D eigenvalue weighted by atomic mass is 16.4. The summed E-state index contributed by atoms with van der Waals surface area (Å²) in [5, 5.41) is 19.5. The smallest absolute Gasteiger partial charge is 0.328 e. The fraction of sp³-hybridized carbons (Fsp3) is 0.333. The lowest BCUT2D eigenvalue weighted by Gasteiger charge is -2.11. The van der Waals surface area contributed by atoms with E-state index < -0.39 is 12.0 Å². The van der Waals surface area contributed by atoms with Gasteiger partial charge in [-0.15, -0.1) is 0 Å². The average molecular weight is 277 g/mol. The first-order chi connectivity index (χ1) is 9.59. The van der Waals surface area contributed by atoms with Gasteiger partial charge < -0.3 is 10.4 Å². The number of aromatic nitrogens is 4. The Hall–Kier alpha value is -2.64. The van der Waals surface area contributed by atoms with Crippen LogP contribution in [0.2, 0.25) is 0 Å². The SMILES string of the molecule is CC(C(=O)O)n1nccc1C(=O)NCCn1cccn1. The third kappa shape index (κ3) is 3.02. The summed E-state index contributed by atoms with van der Waals surface area (Å²) in [6, 6.07) is 2.39. The molecule has 2 N–H and O–H groups in total. The maximum atomic E-state index is 12.0. The van der Waals surface area contributed by atoms with Crippen LogP contribution in [-0.4, -0.2) is 43.1 Å². The molecule has 0 aromatic carbocycles. The molecule has 1 amide bonds. The predicted molar refractivity (Wildman–Crippen MR) is 69.1 cm³/mol. The minimum Gasteiger partial charge on any atom is -0.480 e. The first-order valence-corrected chi connectivity index (χ1v) is 6.11. The molecule has 1 atom stereocenters. The maximum absolute atomic E-state index is 12.0. The van der Waals surface area contributed by atoms with Crippen molar-refractivity contribution >= 4 is 11.9 Å². The van der Waals surface area contributed by atoms with Gasteiger partial charge in [-0.25, -0.2) is 9.48 Å². The van der Waals surface area contributed by atoms with Gasteiger partial charge in [-0.05, 0) is 19.1 Å². The van der Waals surface area contributed by atoms with E-state index in [1.165, 1.54) is 23.9 Å². The van der Waals surface area contributed by atoms with Gasteiger partial charge in [0.1, 0.15) is 11.7 Å². The molecular weight excluding hydrogens is 262 g/mol. The lowest BCUT2D eigenvalue weighted by Crippen LogP contribution is -2.31. The molecule has 1 unspecified atom stereocenters. The van der Waals surface area contributed by atoms with Crippen molar-refractivity contribution in [2.75, 3.05) is 6.54 Å². The molecule has 0 aliphatic heterocycles. The van der Waals surface area contributed by atoms with Gasteiger partial charge in [0.25, 0.3) is 5.91 Å². The van der Waals surface area contributed by atoms with Crippen molar-refractivity contribution < 1.29 is 14.7 Å². The Kier molecular flexibility index (Phi) is 4.14. The third-order valence-electron chi connectivity index (χ3n) is 2.81. The Bertz CT molecular complexity index is 590. The summed E-state index contributed by atoms with van der Waals surface area (Å²) in [5.41, 5.74) is 0.223. The second kappa shape index (κ2) is 6.00. The quantitative estimate of drug-likeness (QED) is 0.782. The molecule has 20 heavy (non-hydrogen) atoms. The highest BCUT2D eigenvalue weighted by Gasteiger charge is 2.20. The molecule has 0 spiro atoms. The highest BCUT2D eigenvalue weighted by molar-refractivity contribution is 5.93. The third-order valence-corrected chi connectivity index (χ3v) is 2.81. The Labute approximate surface area is 115 Å². The van der Waals surface area contributed by atoms with Crippen molar-refractivity contribution in [3.63, 3.8) is 0 Å². The van der Waals surface area contributed by atoms with Crippen molar-refractivity contribution in [2.45, 2.75) is 19.5 Å². The number of carboxylic acid groups (broad SMARTS) is 1. The number of amides is 1. The van der Waals surface area contributed by atoms with Crippen LogP contribution in [0.25, 0.3) is 0 Å². The lowest BCUT2D eigenvalue weighted by atomic mass is 10.3. The van der Waals surface area contributed by atoms with Crippen molar-refractivity contribution in [3.8, 4) is 0 Å². The van der Waals surface area contributed by atoms with Gasteiger partial charge in [0, 0.05) is 25.1 Å². The summed E-state index contributed by atoms with van der Waals surface area (Å²) in [6.07, 6.45) is 4.86. The molecule has 0 bridgehead atoms. The summed E-state index contributed by atoms with van der Waals surface area (Å²) < 4.78 is 2.88. The maximum Gasteiger partial charge on any atom is 0.328 e. The van der Waals surface area contributed by atoms with E-state index in [0.717, 1.165) is 0 Å². The molecule has 2 aromatic rings. The molecule has 0 radical (unpaired) electrons. The average Bonchev–Trinajstić information content (AvgIpc) is 3.08. The van der Waals surface area contributed by atoms with Crippen molar-refractivity contribution in [1.29, 1.82) is 0 Å². The number of nitrogens with zero attached hydrogens (tertiary/aromatic N) is 4. The van der Waals surface area contributed by atoms with E-state index in [4.69, 9.17) is 5.11 Å². The van der Waals surface area contributed by atoms with Crippen LogP contribution in [0, 0.1) is 0 Å². The van der Waals surface area contributed by atoms with Gasteiger partial charge in [0.15, 0.2) is 0 Å². The van der Waals surface area contributed by atoms with E-state index in [9.17, 15) is 9.59 Å². The molecule has 106 valence electrons. The second-order valence-corrected chi connectivity index (χ2v) is 4.20. The number of carbonyl (C=O) groups excluding carboxylic acids is 1. The van der Waals surface area contributed by atoms with E-state index in [0.29, 0.717) is 13.1 Å². The molecule has 0 saturated heterocycles. The zero-order valence-electron chi connectivity index (χ0n) is 10.9. The number of rotatable bonds is 6. The van der Waals surface area contributed by atoms with Gasteiger partial charge in [-0.3, -0.25) is 9.48 Å². The number of aliphatic carboxylic acids is 1. The van der Waals surface area contributed by atoms with Crippen LogP contribution in [0.4, 0.5) is 0 Å². The summed E-state index contributed by atoms with van der Waals surface area (Å²) in [4.78, 5) is 22.9. The van der Waals surface area contributed by atoms with Crippen molar-refractivity contribution in [1.82, 2.24) is 24.9 Å². The summed E-state index contributed by atoms with van der Waals surface area (Å²) >= 11 is 0. The van der Waals surface area contributed by atoms with Crippen LogP contribution in [0.15, 0.2) is 30.7 Å². The van der Waals surface area contributed by atoms with Crippen LogP contribution >= 0.6 is 0 Å². The molecule has 0 fully saturated rings. The molecule has 8 nitrogen and oxygen atoms in total. The second-order valence-electron chi connectivity index (χ2n) is 4.20. The van der Waals surface area contributed by atoms with Gasteiger partial charge in [-0.2, -0.15) is 10.2 Å². The largest absolute Gasteiger partial charge is 0.480 e. The highest BCUT2D eigenvalue weighted by Crippen LogP contribution is 2.09. The number of nitrogens with one attached hydrogen (secondary N) is 1. The first kappa shape index (κ1) is 13.8. The van der Waals surface area contributed by atoms with Crippen LogP contribution < -0.4 is 5.32 Å². The van der Waals surface area contributed by atoms with Gasteiger partial charge in [0.05, 0.1) is 6.54 Å². The van der Waals surface area contributed by atoms with E-state index in [2.05, 4.69) is 15.5 Å². The van der Waals surface area contributed by atoms with Crippen LogP contribution in [0.1, 0.15) is 23.5 Å². The molecule has 2 aromatic heterocycles. The first-order valence-electron chi connectivity index (χ1n) is 6.11. The molecule has 0 aliphatic rings. The fourth-order valence-electron chi connectivity index (χ4n) is 1.71. The van der Waals surface area contributed by atoms with Crippen molar-refractivity contribution in [2.24, 2.45) is 0 Å². The lowest BCUT2D eigenvalue weighted by molar-refractivity contribution is -0.140. The number of hydrogen-bond donors (Lipinski definition) is 2. The summed E-state index contributed by atoms with van der Waals surface area (Å²) in [7, 11) is 0. The molecule has 0 aliphatic carbocycles. The van der Waals surface area contributed by atoms with E-state index in [1.807, 2.05) is 0 Å². The topological polar surface area (TPSA) is 102 Å². The molecule has 8 heteroatoms. The minimum absolute atomic E-state index is 0.223. The van der Waals surface area contributed by atoms with E-state index in [1.54, 1.807) is 23.1 Å². The predicted octanol–water partition coefficient (Wildman–Crippen LogP) is 0.155. The van der Waals surface area contributed by atoms with Crippen LogP contribution in [0.5, 0.6) is 0 Å². The number of carbonyl (C=O) groups is 2. The Morgan fingerprint density at radius 1 is 1.40 bits per heavy atom. The fourth-order valence-corrected chi connectivity index (χ4v) is 1.71. The molecule has 2 rings (SSSR count). The van der Waals surface area contributed by atoms with Gasteiger partial charge in [0.2, 0.25) is 0 Å². The normalized spacial score (nSPS) is 12.1. The Balaban J connectivity index is 1.96. The van der Waals surface area contributed by atoms with E-state index >= 15 is 0 Å². The van der Waals surface area contributed by atoms with Gasteiger partial charge >= 0.3 is 5.97 Å². The minimum atomic E-state index is -1.04. The molecule has 0 saturated carbocycles. The summed E-state index contributed by atoms with van der Waals surface area (Å²) in [5.74, 6) is -1.40. The number of hydrogen-bond acceptors (Lipinski definition) is 4. The van der Waals surface area contributed by atoms with Gasteiger partial charge in [-0.1, -0.05) is 0 Å². The van der Waals surface area contributed by atoms with Crippen LogP contribution in [0.3, 0.4) is 0 Å². The summed E-state index contributed by atoms with van der Waals surface area (Å²) in [6.45, 7) is 2.41. The standard InChI is InChI=1S/C12H15N5O3/c1-9(12(19)20)17-10(3-5-15-17)11(18)13-6-8-16-7-2-4-14-16/h2-5,7,9H,6,8H2,1H3,(H,13,18)(H,19,20).